The van der Waals surface area contributed by atoms with Gasteiger partial charge in [-0.05, 0) is 74.9 Å². The molecule has 7 nitrogen and oxygen atoms in total. The number of thioether (sulfide) groups is 1. The fourth-order valence-corrected chi connectivity index (χ4v) is 5.07. The molecular formula is C26H29NO6S. The van der Waals surface area contributed by atoms with Crippen molar-refractivity contribution in [3.05, 3.63) is 52.1 Å². The zero-order chi connectivity index (χ0) is 24.6. The summed E-state index contributed by atoms with van der Waals surface area (Å²) >= 11 is 0.726. The first-order chi connectivity index (χ1) is 16.1. The molecule has 8 heteroatoms. The van der Waals surface area contributed by atoms with Crippen LogP contribution in [0.4, 0.5) is 4.79 Å². The summed E-state index contributed by atoms with van der Waals surface area (Å²) in [5.74, 6) is 1.86. The highest BCUT2D eigenvalue weighted by Gasteiger charge is 2.36. The summed E-state index contributed by atoms with van der Waals surface area (Å²) in [7, 11) is 0. The maximum atomic E-state index is 11.8. The molecule has 1 N–H and O–H groups in total. The summed E-state index contributed by atoms with van der Waals surface area (Å²) in [6, 6.07) is 7.08. The lowest BCUT2D eigenvalue weighted by Crippen LogP contribution is -2.42. The number of benzene rings is 2. The van der Waals surface area contributed by atoms with Crippen LogP contribution in [-0.2, 0) is 22.4 Å². The number of carbonyl (C=O) groups excluding carboxylic acids is 3. The van der Waals surface area contributed by atoms with Crippen LogP contribution in [0.1, 0.15) is 48.1 Å². The Labute approximate surface area is 203 Å². The highest BCUT2D eigenvalue weighted by atomic mass is 32.2. The second-order valence-electron chi connectivity index (χ2n) is 9.20. The molecule has 4 rings (SSSR count). The van der Waals surface area contributed by atoms with Crippen molar-refractivity contribution in [2.24, 2.45) is 0 Å². The van der Waals surface area contributed by atoms with Crippen LogP contribution in [0, 0.1) is 20.8 Å². The molecule has 2 aliphatic rings. The summed E-state index contributed by atoms with van der Waals surface area (Å²) in [6.07, 6.45) is 2.03. The van der Waals surface area contributed by atoms with Gasteiger partial charge in [0.25, 0.3) is 5.24 Å². The van der Waals surface area contributed by atoms with Gasteiger partial charge in [0, 0.05) is 30.7 Å². The number of fused-ring (bicyclic) bond motifs is 1. The molecule has 1 fully saturated rings. The van der Waals surface area contributed by atoms with Crippen molar-refractivity contribution < 1.29 is 28.6 Å². The maximum absolute atomic E-state index is 11.8. The minimum absolute atomic E-state index is 0.145. The van der Waals surface area contributed by atoms with Gasteiger partial charge >= 0.3 is 5.97 Å². The van der Waals surface area contributed by atoms with E-state index in [9.17, 15) is 14.4 Å². The molecular weight excluding hydrogens is 454 g/mol. The van der Waals surface area contributed by atoms with E-state index >= 15 is 0 Å². The molecule has 180 valence electrons. The van der Waals surface area contributed by atoms with Gasteiger partial charge in [-0.15, -0.1) is 0 Å². The Kier molecular flexibility index (Phi) is 6.62. The van der Waals surface area contributed by atoms with Gasteiger partial charge in [0.1, 0.15) is 35.5 Å². The third-order valence-corrected chi connectivity index (χ3v) is 7.28. The van der Waals surface area contributed by atoms with Crippen LogP contribution in [0.3, 0.4) is 0 Å². The molecule has 0 aliphatic carbocycles. The Hall–Kier alpha value is -3.00. The van der Waals surface area contributed by atoms with Crippen molar-refractivity contribution in [2.75, 3.05) is 6.61 Å². The van der Waals surface area contributed by atoms with E-state index in [-0.39, 0.29) is 16.3 Å². The molecule has 0 radical (unpaired) electrons. The highest BCUT2D eigenvalue weighted by molar-refractivity contribution is 8.26. The fraction of sp³-hybridized carbons (Fsp3) is 0.423. The molecule has 1 saturated heterocycles. The van der Waals surface area contributed by atoms with Gasteiger partial charge in [-0.3, -0.25) is 14.4 Å². The lowest BCUT2D eigenvalue weighted by atomic mass is 9.87. The average Bonchev–Trinajstić information content (AvgIpc) is 3.11. The SMILES string of the molecule is CC(=O)Oc1c(C)c(C)c2c(c1C)CCC(C)(COc1ccc(CC3NC(=O)SC3=O)cc1)O2. The normalized spacial score (nSPS) is 21.5. The number of ether oxygens (including phenoxy) is 3. The van der Waals surface area contributed by atoms with Crippen LogP contribution in [-0.4, -0.2) is 34.6 Å². The van der Waals surface area contributed by atoms with Crippen LogP contribution >= 0.6 is 11.8 Å². The number of carbonyl (C=O) groups is 3. The molecule has 2 aromatic carbocycles. The number of rotatable bonds is 6. The molecule has 2 atom stereocenters. The monoisotopic (exact) mass is 483 g/mol. The first-order valence-electron chi connectivity index (χ1n) is 11.3. The minimum Gasteiger partial charge on any atom is -0.489 e. The smallest absolute Gasteiger partial charge is 0.308 e. The van der Waals surface area contributed by atoms with E-state index < -0.39 is 11.6 Å². The van der Waals surface area contributed by atoms with Gasteiger partial charge in [0.05, 0.1) is 0 Å². The maximum Gasteiger partial charge on any atom is 0.308 e. The zero-order valence-corrected chi connectivity index (χ0v) is 20.9. The van der Waals surface area contributed by atoms with Gasteiger partial charge in [-0.25, -0.2) is 0 Å². The molecule has 34 heavy (non-hydrogen) atoms. The van der Waals surface area contributed by atoms with E-state index in [1.165, 1.54) is 6.92 Å². The molecule has 0 bridgehead atoms. The van der Waals surface area contributed by atoms with Crippen LogP contribution in [0.2, 0.25) is 0 Å². The van der Waals surface area contributed by atoms with Gasteiger partial charge in [0.2, 0.25) is 5.12 Å². The molecule has 0 spiro atoms. The summed E-state index contributed by atoms with van der Waals surface area (Å²) < 4.78 is 18.0. The standard InChI is InChI=1S/C26H29NO6S/c1-14-15(2)23-20(16(3)22(14)32-17(4)28)10-11-26(5,33-23)13-31-19-8-6-18(7-9-19)12-21-24(29)34-25(30)27-21/h6-9,21H,10-13H2,1-5H3,(H,27,30). The van der Waals surface area contributed by atoms with Gasteiger partial charge in [0.15, 0.2) is 0 Å². The molecule has 2 aliphatic heterocycles. The Morgan fingerprint density at radius 3 is 2.47 bits per heavy atom. The summed E-state index contributed by atoms with van der Waals surface area (Å²) in [6.45, 7) is 9.73. The lowest BCUT2D eigenvalue weighted by molar-refractivity contribution is -0.132. The van der Waals surface area contributed by atoms with E-state index in [0.717, 1.165) is 58.2 Å². The summed E-state index contributed by atoms with van der Waals surface area (Å²) in [5.41, 5.74) is 4.35. The van der Waals surface area contributed by atoms with E-state index in [2.05, 4.69) is 5.32 Å². The Balaban J connectivity index is 1.42. The second-order valence-corrected chi connectivity index (χ2v) is 10.2. The largest absolute Gasteiger partial charge is 0.489 e. The number of hydrogen-bond donors (Lipinski definition) is 1. The number of hydrogen-bond acceptors (Lipinski definition) is 7. The second kappa shape index (κ2) is 9.33. The molecule has 0 saturated carbocycles. The first-order valence-corrected chi connectivity index (χ1v) is 12.1. The predicted octanol–water partition coefficient (Wildman–Crippen LogP) is 4.59. The summed E-state index contributed by atoms with van der Waals surface area (Å²) in [4.78, 5) is 34.7. The van der Waals surface area contributed by atoms with Crippen LogP contribution < -0.4 is 19.5 Å². The summed E-state index contributed by atoms with van der Waals surface area (Å²) in [5, 5.41) is 2.24. The quantitative estimate of drug-likeness (QED) is 0.474. The molecule has 0 aromatic heterocycles. The van der Waals surface area contributed by atoms with E-state index in [4.69, 9.17) is 14.2 Å². The fourth-order valence-electron chi connectivity index (χ4n) is 4.40. The molecule has 2 aromatic rings. The van der Waals surface area contributed by atoms with Crippen LogP contribution in [0.15, 0.2) is 24.3 Å². The third kappa shape index (κ3) is 4.92. The number of nitrogens with one attached hydrogen (secondary N) is 1. The first kappa shape index (κ1) is 24.1. The van der Waals surface area contributed by atoms with Gasteiger partial charge < -0.3 is 19.5 Å². The average molecular weight is 484 g/mol. The van der Waals surface area contributed by atoms with Gasteiger partial charge in [-0.1, -0.05) is 12.1 Å². The highest BCUT2D eigenvalue weighted by Crippen LogP contribution is 2.44. The van der Waals surface area contributed by atoms with Gasteiger partial charge in [-0.2, -0.15) is 0 Å². The van der Waals surface area contributed by atoms with Crippen molar-refractivity contribution in [3.63, 3.8) is 0 Å². The molecule has 2 unspecified atom stereocenters. The van der Waals surface area contributed by atoms with Crippen molar-refractivity contribution in [1.82, 2.24) is 5.32 Å². The van der Waals surface area contributed by atoms with Crippen molar-refractivity contribution in [1.29, 1.82) is 0 Å². The Morgan fingerprint density at radius 1 is 1.15 bits per heavy atom. The van der Waals surface area contributed by atoms with E-state index in [1.54, 1.807) is 0 Å². The van der Waals surface area contributed by atoms with Crippen LogP contribution in [0.25, 0.3) is 0 Å². The number of amides is 1. The van der Waals surface area contributed by atoms with Crippen molar-refractivity contribution in [2.45, 2.75) is 65.5 Å². The Bertz CT molecular complexity index is 1160. The topological polar surface area (TPSA) is 90.9 Å². The third-order valence-electron chi connectivity index (χ3n) is 6.49. The molecule has 1 amide bonds. The van der Waals surface area contributed by atoms with E-state index in [0.29, 0.717) is 24.5 Å². The predicted molar refractivity (Wildman–Crippen MR) is 130 cm³/mol. The van der Waals surface area contributed by atoms with Crippen LogP contribution in [0.5, 0.6) is 17.2 Å². The zero-order valence-electron chi connectivity index (χ0n) is 20.1. The van der Waals surface area contributed by atoms with Crippen molar-refractivity contribution in [3.8, 4) is 17.2 Å². The lowest BCUT2D eigenvalue weighted by Gasteiger charge is -2.37. The Morgan fingerprint density at radius 2 is 1.85 bits per heavy atom. The molecule has 2 heterocycles. The minimum atomic E-state index is -0.504. The van der Waals surface area contributed by atoms with E-state index in [1.807, 2.05) is 52.0 Å². The number of esters is 1. The van der Waals surface area contributed by atoms with Crippen molar-refractivity contribution >= 4 is 28.1 Å².